The Balaban J connectivity index is -0.0000000800. The van der Waals surface area contributed by atoms with Gasteiger partial charge < -0.3 is 0 Å². The third kappa shape index (κ3) is 520. The van der Waals surface area contributed by atoms with Crippen LogP contribution in [0, 0.1) is 0 Å². The van der Waals surface area contributed by atoms with Gasteiger partial charge in [-0.05, 0) is 0 Å². The van der Waals surface area contributed by atoms with E-state index in [1.165, 1.54) is 0 Å². The molecule has 0 saturated heterocycles. The second kappa shape index (κ2) is 8.90. The molecule has 6 nitrogen and oxygen atoms in total. The molecule has 0 rings (SSSR count). The van der Waals surface area contributed by atoms with Crippen LogP contribution >= 0.6 is 0 Å². The molecule has 0 saturated carbocycles. The Morgan fingerprint density at radius 1 is 1.22 bits per heavy atom. The van der Waals surface area contributed by atoms with E-state index in [4.69, 9.17) is 24.1 Å². The van der Waals surface area contributed by atoms with E-state index in [-0.39, 0.29) is 18.9 Å². The molecular weight excluding hydrogens is 217 g/mol. The zero-order chi connectivity index (χ0) is 7.21. The minimum atomic E-state index is -5.12. The first-order valence-electron chi connectivity index (χ1n) is 0.932. The number of rotatable bonds is 0. The first-order chi connectivity index (χ1) is 3.41. The topological polar surface area (TPSA) is 112 Å². The first-order valence-corrected chi connectivity index (χ1v) is 3.84. The van der Waals surface area contributed by atoms with Gasteiger partial charge in [-0.1, -0.05) is 0 Å². The van der Waals surface area contributed by atoms with Crippen molar-refractivity contribution in [1.29, 1.82) is 0 Å². The van der Waals surface area contributed by atoms with Crippen LogP contribution in [-0.4, -0.2) is 12.6 Å². The number of hydrogen-bond donors (Lipinski definition) is 3. The van der Waals surface area contributed by atoms with Gasteiger partial charge in [0.1, 0.15) is 0 Å². The van der Waals surface area contributed by atoms with Gasteiger partial charge >= 0.3 is 71.3 Å². The molecule has 0 aromatic rings. The monoisotopic (exact) mass is 220 g/mol. The SMILES string of the molecule is [Li+].[O]=[Co-][OH].[O]=[Mn](=[O])([OH])[OH]. The summed E-state index contributed by atoms with van der Waals surface area (Å²) >= 11 is -5.94. The van der Waals surface area contributed by atoms with Crippen molar-refractivity contribution in [1.82, 2.24) is 0 Å². The summed E-state index contributed by atoms with van der Waals surface area (Å²) in [5, 5.41) is 0. The maximum absolute atomic E-state index is 8.80. The molecule has 0 bridgehead atoms. The van der Waals surface area contributed by atoms with Crippen LogP contribution in [0.5, 0.6) is 0 Å². The van der Waals surface area contributed by atoms with E-state index in [0.717, 1.165) is 0 Å². The summed E-state index contributed by atoms with van der Waals surface area (Å²) in [7, 11) is 0. The van der Waals surface area contributed by atoms with Crippen molar-refractivity contribution >= 4 is 0 Å². The zero-order valence-electron chi connectivity index (χ0n) is 4.28. The van der Waals surface area contributed by atoms with Crippen LogP contribution in [-0.2, 0) is 39.9 Å². The summed E-state index contributed by atoms with van der Waals surface area (Å²) in [6.45, 7) is 0. The van der Waals surface area contributed by atoms with Gasteiger partial charge in [0.15, 0.2) is 0 Å². The molecule has 0 amide bonds. The van der Waals surface area contributed by atoms with Crippen molar-refractivity contribution in [3.05, 3.63) is 0 Å². The molecule has 0 aromatic heterocycles. The summed E-state index contributed by atoms with van der Waals surface area (Å²) in [4.78, 5) is 0. The molecule has 3 N–H and O–H groups in total. The summed E-state index contributed by atoms with van der Waals surface area (Å²) in [6, 6.07) is 0. The van der Waals surface area contributed by atoms with Gasteiger partial charge in [-0.15, -0.1) is 0 Å². The van der Waals surface area contributed by atoms with Gasteiger partial charge in [-0.25, -0.2) is 0 Å². The van der Waals surface area contributed by atoms with Crippen molar-refractivity contribution in [2.24, 2.45) is 0 Å². The van der Waals surface area contributed by atoms with Crippen molar-refractivity contribution in [3.63, 3.8) is 0 Å². The van der Waals surface area contributed by atoms with Crippen molar-refractivity contribution in [2.75, 3.05) is 0 Å². The predicted octanol–water partition coefficient (Wildman–Crippen LogP) is -5.03. The van der Waals surface area contributed by atoms with E-state index in [2.05, 4.69) is 0 Å². The number of hydrogen-bond acceptors (Lipinski definition) is 3. The summed E-state index contributed by atoms with van der Waals surface area (Å²) in [5.74, 6) is 0. The maximum atomic E-state index is 8.80. The fourth-order valence-corrected chi connectivity index (χ4v) is 0. The molecule has 0 aliphatic heterocycles. The summed E-state index contributed by atoms with van der Waals surface area (Å²) in [6.07, 6.45) is 0. The van der Waals surface area contributed by atoms with E-state index in [0.29, 0.717) is 0 Å². The van der Waals surface area contributed by atoms with Crippen molar-refractivity contribution in [2.45, 2.75) is 0 Å². The molecule has 9 heavy (non-hydrogen) atoms. The summed E-state index contributed by atoms with van der Waals surface area (Å²) < 4.78 is 47.2. The van der Waals surface area contributed by atoms with E-state index in [1.807, 2.05) is 0 Å². The van der Waals surface area contributed by atoms with Gasteiger partial charge in [-0.3, -0.25) is 0 Å². The van der Waals surface area contributed by atoms with Gasteiger partial charge in [-0.2, -0.15) is 0 Å². The minimum absolute atomic E-state index is 0. The van der Waals surface area contributed by atoms with E-state index in [9.17, 15) is 0 Å². The Kier molecular flexibility index (Phi) is 16.3. The fourth-order valence-electron chi connectivity index (χ4n) is 0. The molecule has 0 aromatic carbocycles. The Bertz CT molecular complexity index is 127. The second-order valence-corrected chi connectivity index (χ2v) is 1.96. The standard InChI is InChI=1S/Co.Li.Mn.3H2O.3O/h;;;3*1H2;;;/q;+1;+2;;;;;;/p-3. The van der Waals surface area contributed by atoms with Crippen LogP contribution in [0.3, 0.4) is 0 Å². The molecular formula is H3CoLiMnO6. The van der Waals surface area contributed by atoms with Crippen LogP contribution in [0.4, 0.5) is 0 Å². The van der Waals surface area contributed by atoms with E-state index >= 15 is 0 Å². The van der Waals surface area contributed by atoms with E-state index in [1.54, 1.807) is 0 Å². The van der Waals surface area contributed by atoms with Crippen LogP contribution in [0.1, 0.15) is 0 Å². The predicted molar refractivity (Wildman–Crippen MR) is 8.72 cm³/mol. The Hall–Kier alpha value is 0.903. The van der Waals surface area contributed by atoms with Gasteiger partial charge in [0.05, 0.1) is 0 Å². The Morgan fingerprint density at radius 2 is 1.22 bits per heavy atom. The molecule has 56 valence electrons. The van der Waals surface area contributed by atoms with Crippen LogP contribution in [0.15, 0.2) is 0 Å². The zero-order valence-corrected chi connectivity index (χ0v) is 6.50. The van der Waals surface area contributed by atoms with Gasteiger partial charge in [0.25, 0.3) is 0 Å². The molecule has 0 heterocycles. The Labute approximate surface area is 71.2 Å². The van der Waals surface area contributed by atoms with Crippen LogP contribution < -0.4 is 18.9 Å². The third-order valence-corrected chi connectivity index (χ3v) is 0. The molecule has 9 heteroatoms. The molecule has 0 fully saturated rings. The van der Waals surface area contributed by atoms with Crippen LogP contribution in [0.2, 0.25) is 0 Å². The van der Waals surface area contributed by atoms with Crippen molar-refractivity contribution < 1.29 is 71.3 Å². The van der Waals surface area contributed by atoms with Crippen LogP contribution in [0.25, 0.3) is 0 Å². The molecule has 0 spiro atoms. The third-order valence-electron chi connectivity index (χ3n) is 0. The van der Waals surface area contributed by atoms with Gasteiger partial charge in [0, 0.05) is 0 Å². The van der Waals surface area contributed by atoms with Crippen molar-refractivity contribution in [3.8, 4) is 0 Å². The molecule has 0 aliphatic rings. The molecule has 0 unspecified atom stereocenters. The Morgan fingerprint density at radius 3 is 1.22 bits per heavy atom. The molecule has 0 aliphatic carbocycles. The normalized spacial score (nSPS) is 8.78. The fraction of sp³-hybridized carbons (Fsp3) is 0. The summed E-state index contributed by atoms with van der Waals surface area (Å²) in [5.41, 5.74) is 0. The molecule has 0 atom stereocenters. The average Bonchev–Trinajstić information content (AvgIpc) is 1.27. The second-order valence-electron chi connectivity index (χ2n) is 0.475. The average molecular weight is 220 g/mol. The van der Waals surface area contributed by atoms with Gasteiger partial charge in [0.2, 0.25) is 0 Å². The van der Waals surface area contributed by atoms with E-state index < -0.39 is 28.3 Å². The molecule has 0 radical (unpaired) electrons. The quantitative estimate of drug-likeness (QED) is 0.352. The first kappa shape index (κ1) is 16.5.